The van der Waals surface area contributed by atoms with Crippen molar-refractivity contribution in [1.82, 2.24) is 4.90 Å². The Hall–Kier alpha value is 0.0274. The van der Waals surface area contributed by atoms with Crippen LogP contribution in [0.25, 0.3) is 0 Å². The Labute approximate surface area is 91.7 Å². The number of aliphatic carboxylic acids is 1. The monoisotopic (exact) mass is 179 g/mol. The number of nitrogens with zero attached hydrogens (tertiary/aromatic N) is 1. The SMILES string of the molecule is CC(C)[C@@H](CN1CCC1)C(=O)O.[LiH]. The van der Waals surface area contributed by atoms with Crippen molar-refractivity contribution in [2.45, 2.75) is 20.3 Å². The molecule has 0 aromatic carbocycles. The molecule has 0 radical (unpaired) electrons. The van der Waals surface area contributed by atoms with E-state index in [9.17, 15) is 4.79 Å². The Morgan fingerprint density at radius 3 is 2.23 bits per heavy atom. The predicted octanol–water partition coefficient (Wildman–Crippen LogP) is 0.400. The van der Waals surface area contributed by atoms with Crippen LogP contribution in [0, 0.1) is 11.8 Å². The van der Waals surface area contributed by atoms with E-state index in [2.05, 4.69) is 4.90 Å². The summed E-state index contributed by atoms with van der Waals surface area (Å²) in [5.41, 5.74) is 0. The van der Waals surface area contributed by atoms with Gasteiger partial charge in [0.05, 0.1) is 5.92 Å². The minimum absolute atomic E-state index is 0. The molecule has 3 nitrogen and oxygen atoms in total. The maximum atomic E-state index is 10.8. The van der Waals surface area contributed by atoms with Crippen LogP contribution in [-0.4, -0.2) is 54.5 Å². The zero-order chi connectivity index (χ0) is 9.14. The number of likely N-dealkylation sites (tertiary alicyclic amines) is 1. The molecular weight excluding hydrogens is 161 g/mol. The second kappa shape index (κ2) is 5.69. The molecule has 4 heteroatoms. The van der Waals surface area contributed by atoms with Gasteiger partial charge in [0.15, 0.2) is 0 Å². The first-order chi connectivity index (χ1) is 5.61. The van der Waals surface area contributed by atoms with Gasteiger partial charge in [-0.25, -0.2) is 0 Å². The molecule has 0 amide bonds. The molecule has 0 aliphatic carbocycles. The molecule has 1 saturated heterocycles. The van der Waals surface area contributed by atoms with Gasteiger partial charge in [-0.15, -0.1) is 0 Å². The summed E-state index contributed by atoms with van der Waals surface area (Å²) in [5.74, 6) is -0.606. The predicted molar refractivity (Wildman–Crippen MR) is 54.2 cm³/mol. The fourth-order valence-corrected chi connectivity index (χ4v) is 1.42. The number of carboxylic acids is 1. The van der Waals surface area contributed by atoms with Gasteiger partial charge in [-0.2, -0.15) is 0 Å². The van der Waals surface area contributed by atoms with E-state index in [0.29, 0.717) is 0 Å². The van der Waals surface area contributed by atoms with Crippen molar-refractivity contribution < 1.29 is 9.90 Å². The molecule has 0 aromatic heterocycles. The Morgan fingerprint density at radius 2 is 2.00 bits per heavy atom. The third kappa shape index (κ3) is 3.72. The number of carbonyl (C=O) groups is 1. The standard InChI is InChI=1S/C9H17NO2.Li.H/c1-7(2)8(9(11)12)6-10-4-3-5-10;;/h7-8H,3-6H2,1-2H3,(H,11,12);;/t8-;;/m1../s1. The molecule has 1 aliphatic rings. The summed E-state index contributed by atoms with van der Waals surface area (Å²) >= 11 is 0. The summed E-state index contributed by atoms with van der Waals surface area (Å²) < 4.78 is 0. The molecular formula is C9H18LiNO2. The first kappa shape index (κ1) is 13.0. The van der Waals surface area contributed by atoms with E-state index in [4.69, 9.17) is 5.11 Å². The Kier molecular flexibility index (Phi) is 5.71. The minimum atomic E-state index is -0.656. The van der Waals surface area contributed by atoms with Crippen LogP contribution in [0.2, 0.25) is 0 Å². The molecule has 0 unspecified atom stereocenters. The van der Waals surface area contributed by atoms with E-state index in [1.807, 2.05) is 13.8 Å². The van der Waals surface area contributed by atoms with Gasteiger partial charge in [0, 0.05) is 6.54 Å². The molecule has 0 spiro atoms. The van der Waals surface area contributed by atoms with Gasteiger partial charge < -0.3 is 10.0 Å². The van der Waals surface area contributed by atoms with Crippen LogP contribution < -0.4 is 0 Å². The third-order valence-corrected chi connectivity index (χ3v) is 2.53. The Balaban J connectivity index is 0.00000144. The third-order valence-electron chi connectivity index (χ3n) is 2.53. The fourth-order valence-electron chi connectivity index (χ4n) is 1.42. The molecule has 1 atom stereocenters. The van der Waals surface area contributed by atoms with Gasteiger partial charge >= 0.3 is 24.8 Å². The molecule has 1 fully saturated rings. The van der Waals surface area contributed by atoms with Crippen molar-refractivity contribution in [3.8, 4) is 0 Å². The van der Waals surface area contributed by atoms with Gasteiger partial charge in [0.1, 0.15) is 0 Å². The molecule has 1 heterocycles. The summed E-state index contributed by atoms with van der Waals surface area (Å²) in [6, 6.07) is 0. The fraction of sp³-hybridized carbons (Fsp3) is 0.889. The molecule has 1 rings (SSSR count). The summed E-state index contributed by atoms with van der Waals surface area (Å²) in [4.78, 5) is 13.0. The Bertz CT molecular complexity index is 169. The van der Waals surface area contributed by atoms with E-state index < -0.39 is 5.97 Å². The molecule has 0 saturated carbocycles. The van der Waals surface area contributed by atoms with Gasteiger partial charge in [0.25, 0.3) is 0 Å². The maximum absolute atomic E-state index is 10.8. The van der Waals surface area contributed by atoms with Crippen LogP contribution >= 0.6 is 0 Å². The zero-order valence-corrected chi connectivity index (χ0v) is 7.79. The summed E-state index contributed by atoms with van der Waals surface area (Å²) in [5, 5.41) is 8.89. The number of carboxylic acid groups (broad SMARTS) is 1. The van der Waals surface area contributed by atoms with Crippen molar-refractivity contribution in [2.75, 3.05) is 19.6 Å². The molecule has 0 aromatic rings. The van der Waals surface area contributed by atoms with Crippen LogP contribution in [0.5, 0.6) is 0 Å². The first-order valence-electron chi connectivity index (χ1n) is 4.56. The van der Waals surface area contributed by atoms with Crippen LogP contribution in [0.4, 0.5) is 0 Å². The van der Waals surface area contributed by atoms with Crippen LogP contribution in [0.3, 0.4) is 0 Å². The van der Waals surface area contributed by atoms with Crippen molar-refractivity contribution in [3.63, 3.8) is 0 Å². The van der Waals surface area contributed by atoms with Crippen molar-refractivity contribution >= 4 is 24.8 Å². The average molecular weight is 179 g/mol. The Morgan fingerprint density at radius 1 is 1.46 bits per heavy atom. The molecule has 13 heavy (non-hydrogen) atoms. The van der Waals surface area contributed by atoms with Crippen molar-refractivity contribution in [1.29, 1.82) is 0 Å². The quantitative estimate of drug-likeness (QED) is 0.635. The number of rotatable bonds is 4. The summed E-state index contributed by atoms with van der Waals surface area (Å²) in [6.07, 6.45) is 1.23. The van der Waals surface area contributed by atoms with Crippen molar-refractivity contribution in [3.05, 3.63) is 0 Å². The van der Waals surface area contributed by atoms with Crippen LogP contribution in [0.1, 0.15) is 20.3 Å². The molecule has 72 valence electrons. The van der Waals surface area contributed by atoms with Crippen LogP contribution in [0.15, 0.2) is 0 Å². The van der Waals surface area contributed by atoms with E-state index in [1.165, 1.54) is 6.42 Å². The second-order valence-electron chi connectivity index (χ2n) is 3.84. The van der Waals surface area contributed by atoms with Crippen molar-refractivity contribution in [2.24, 2.45) is 11.8 Å². The second-order valence-corrected chi connectivity index (χ2v) is 3.84. The number of hydrogen-bond donors (Lipinski definition) is 1. The van der Waals surface area contributed by atoms with E-state index in [0.717, 1.165) is 19.6 Å². The normalized spacial score (nSPS) is 19.0. The van der Waals surface area contributed by atoms with E-state index in [1.54, 1.807) is 0 Å². The van der Waals surface area contributed by atoms with E-state index in [-0.39, 0.29) is 30.7 Å². The topological polar surface area (TPSA) is 40.5 Å². The molecule has 0 bridgehead atoms. The van der Waals surface area contributed by atoms with Crippen LogP contribution in [-0.2, 0) is 4.79 Å². The number of hydrogen-bond acceptors (Lipinski definition) is 2. The first-order valence-corrected chi connectivity index (χ1v) is 4.56. The molecule has 1 N–H and O–H groups in total. The van der Waals surface area contributed by atoms with Gasteiger partial charge in [-0.3, -0.25) is 4.79 Å². The summed E-state index contributed by atoms with van der Waals surface area (Å²) in [6.45, 7) is 6.83. The van der Waals surface area contributed by atoms with Gasteiger partial charge in [-0.1, -0.05) is 13.8 Å². The zero-order valence-electron chi connectivity index (χ0n) is 7.79. The average Bonchev–Trinajstić information content (AvgIpc) is 1.82. The molecule has 1 aliphatic heterocycles. The van der Waals surface area contributed by atoms with Gasteiger partial charge in [-0.05, 0) is 25.4 Å². The van der Waals surface area contributed by atoms with Gasteiger partial charge in [0.2, 0.25) is 0 Å². The summed E-state index contributed by atoms with van der Waals surface area (Å²) in [7, 11) is 0. The van der Waals surface area contributed by atoms with E-state index >= 15 is 0 Å².